The lowest BCUT2D eigenvalue weighted by Crippen LogP contribution is -2.31. The normalized spacial score (nSPS) is 14.8. The number of nitrogens with zero attached hydrogens (tertiary/aromatic N) is 3. The first kappa shape index (κ1) is 23.7. The van der Waals surface area contributed by atoms with Gasteiger partial charge in [-0.25, -0.2) is 0 Å². The molecule has 10 heteroatoms. The first-order valence-electron chi connectivity index (χ1n) is 9.60. The second-order valence-corrected chi connectivity index (χ2v) is 9.03. The first-order chi connectivity index (χ1) is 15.2. The highest BCUT2D eigenvalue weighted by atomic mass is 35.5. The molecule has 0 aliphatic carbocycles. The van der Waals surface area contributed by atoms with Crippen LogP contribution in [0.1, 0.15) is 40.4 Å². The van der Waals surface area contributed by atoms with Crippen molar-refractivity contribution < 1.29 is 14.7 Å². The standard InChI is InChI=1S/C22H18ClN3O4S2/c1-3-25-19(28)15(11-24)12(2)18(21(25)30)16(27)8-9-26-20(29)17(32-22(26)31)10-13-4-6-14(23)7-5-13/h4-7,10,30H,3,8-9H2,1-2H3/b17-10-. The topological polar surface area (TPSA) is 103 Å². The average Bonchev–Trinajstić information content (AvgIpc) is 3.01. The van der Waals surface area contributed by atoms with Gasteiger partial charge in [-0.2, -0.15) is 5.26 Å². The fourth-order valence-electron chi connectivity index (χ4n) is 3.32. The van der Waals surface area contributed by atoms with Crippen molar-refractivity contribution in [3.05, 3.63) is 66.8 Å². The molecule has 0 unspecified atom stereocenters. The highest BCUT2D eigenvalue weighted by Crippen LogP contribution is 2.33. The van der Waals surface area contributed by atoms with E-state index in [1.807, 2.05) is 0 Å². The summed E-state index contributed by atoms with van der Waals surface area (Å²) in [5.41, 5.74) is -0.0180. The molecule has 164 valence electrons. The molecule has 3 rings (SSSR count). The third-order valence-electron chi connectivity index (χ3n) is 5.00. The molecular formula is C22H18ClN3O4S2. The Morgan fingerprint density at radius 3 is 2.56 bits per heavy atom. The van der Waals surface area contributed by atoms with Crippen LogP contribution < -0.4 is 5.56 Å². The van der Waals surface area contributed by atoms with E-state index in [-0.39, 0.29) is 42.1 Å². The number of thioether (sulfide) groups is 1. The molecule has 2 aromatic rings. The van der Waals surface area contributed by atoms with Gasteiger partial charge in [0.15, 0.2) is 5.78 Å². The average molecular weight is 488 g/mol. The minimum atomic E-state index is -0.647. The van der Waals surface area contributed by atoms with Gasteiger partial charge < -0.3 is 5.11 Å². The summed E-state index contributed by atoms with van der Waals surface area (Å²) < 4.78 is 1.30. The molecule has 0 saturated carbocycles. The summed E-state index contributed by atoms with van der Waals surface area (Å²) in [7, 11) is 0. The van der Waals surface area contributed by atoms with E-state index < -0.39 is 17.2 Å². The van der Waals surface area contributed by atoms with Crippen molar-refractivity contribution in [1.29, 1.82) is 5.26 Å². The van der Waals surface area contributed by atoms with Crippen LogP contribution in [-0.2, 0) is 11.3 Å². The number of Topliss-reactive ketones (excluding diaryl/α,β-unsaturated/α-hetero) is 1. The Kier molecular flexibility index (Phi) is 7.19. The zero-order valence-electron chi connectivity index (χ0n) is 17.2. The summed E-state index contributed by atoms with van der Waals surface area (Å²) >= 11 is 12.3. The van der Waals surface area contributed by atoms with Crippen LogP contribution in [0.15, 0.2) is 34.0 Å². The van der Waals surface area contributed by atoms with Crippen molar-refractivity contribution in [3.8, 4) is 11.9 Å². The van der Waals surface area contributed by atoms with E-state index in [2.05, 4.69) is 0 Å². The SMILES string of the molecule is CCn1c(O)c(C(=O)CCN2C(=O)/C(=C/c3ccc(Cl)cc3)SC2=S)c(C)c(C#N)c1=O. The summed E-state index contributed by atoms with van der Waals surface area (Å²) in [6.07, 6.45) is 1.56. The molecule has 0 atom stereocenters. The maximum absolute atomic E-state index is 12.9. The van der Waals surface area contributed by atoms with Crippen LogP contribution in [0.5, 0.6) is 5.88 Å². The molecule has 1 amide bonds. The van der Waals surface area contributed by atoms with Crippen molar-refractivity contribution >= 4 is 57.7 Å². The first-order valence-corrected chi connectivity index (χ1v) is 11.2. The van der Waals surface area contributed by atoms with Crippen molar-refractivity contribution in [2.75, 3.05) is 6.54 Å². The minimum absolute atomic E-state index is 0.00742. The number of hydrogen-bond acceptors (Lipinski definition) is 7. The molecule has 1 N–H and O–H groups in total. The summed E-state index contributed by atoms with van der Waals surface area (Å²) in [6.45, 7) is 3.18. The minimum Gasteiger partial charge on any atom is -0.494 e. The molecule has 1 aliphatic heterocycles. The van der Waals surface area contributed by atoms with Gasteiger partial charge in [0.25, 0.3) is 11.5 Å². The molecule has 0 bridgehead atoms. The number of aromatic nitrogens is 1. The van der Waals surface area contributed by atoms with Crippen LogP contribution in [0.2, 0.25) is 5.02 Å². The maximum Gasteiger partial charge on any atom is 0.271 e. The molecule has 1 aliphatic rings. The molecule has 1 aromatic carbocycles. The summed E-state index contributed by atoms with van der Waals surface area (Å²) in [6, 6.07) is 8.79. The number of benzene rings is 1. The van der Waals surface area contributed by atoms with E-state index in [4.69, 9.17) is 23.8 Å². The van der Waals surface area contributed by atoms with Gasteiger partial charge in [0, 0.05) is 24.5 Å². The fourth-order valence-corrected chi connectivity index (χ4v) is 4.75. The van der Waals surface area contributed by atoms with Crippen LogP contribution in [-0.4, -0.2) is 37.1 Å². The van der Waals surface area contributed by atoms with Crippen molar-refractivity contribution in [1.82, 2.24) is 9.47 Å². The number of nitriles is 1. The lowest BCUT2D eigenvalue weighted by atomic mass is 10.00. The Hall–Kier alpha value is -2.93. The quantitative estimate of drug-likeness (QED) is 0.374. The lowest BCUT2D eigenvalue weighted by molar-refractivity contribution is -0.122. The number of thiocarbonyl (C=S) groups is 1. The Morgan fingerprint density at radius 1 is 1.31 bits per heavy atom. The molecule has 1 saturated heterocycles. The second-order valence-electron chi connectivity index (χ2n) is 6.92. The summed E-state index contributed by atoms with van der Waals surface area (Å²) in [5.74, 6) is -1.29. The van der Waals surface area contributed by atoms with E-state index >= 15 is 0 Å². The highest BCUT2D eigenvalue weighted by molar-refractivity contribution is 8.26. The third kappa shape index (κ3) is 4.48. The zero-order chi connectivity index (χ0) is 23.6. The Labute approximate surface area is 198 Å². The molecular weight excluding hydrogens is 470 g/mol. The van der Waals surface area contributed by atoms with E-state index in [1.165, 1.54) is 11.8 Å². The van der Waals surface area contributed by atoms with Gasteiger partial charge in [0.05, 0.1) is 10.5 Å². The van der Waals surface area contributed by atoms with Crippen LogP contribution in [0.25, 0.3) is 6.08 Å². The van der Waals surface area contributed by atoms with E-state index in [0.717, 1.165) is 21.9 Å². The summed E-state index contributed by atoms with van der Waals surface area (Å²) in [4.78, 5) is 39.7. The fraction of sp³-hybridized carbons (Fsp3) is 0.227. The molecule has 0 radical (unpaired) electrons. The van der Waals surface area contributed by atoms with Gasteiger partial charge in [-0.05, 0) is 43.2 Å². The Bertz CT molecular complexity index is 1260. The number of halogens is 1. The molecule has 32 heavy (non-hydrogen) atoms. The van der Waals surface area contributed by atoms with Gasteiger partial charge >= 0.3 is 0 Å². The number of carbonyl (C=O) groups is 2. The van der Waals surface area contributed by atoms with Crippen molar-refractivity contribution in [3.63, 3.8) is 0 Å². The number of rotatable bonds is 6. The van der Waals surface area contributed by atoms with Crippen LogP contribution in [0.3, 0.4) is 0 Å². The van der Waals surface area contributed by atoms with Gasteiger partial charge in [0.2, 0.25) is 5.88 Å². The number of pyridine rings is 1. The largest absolute Gasteiger partial charge is 0.494 e. The predicted octanol–water partition coefficient (Wildman–Crippen LogP) is 3.88. The number of hydrogen-bond donors (Lipinski definition) is 1. The maximum atomic E-state index is 12.9. The van der Waals surface area contributed by atoms with Gasteiger partial charge in [0.1, 0.15) is 16.0 Å². The molecule has 0 spiro atoms. The zero-order valence-corrected chi connectivity index (χ0v) is 19.6. The number of carbonyl (C=O) groups excluding carboxylic acids is 2. The summed E-state index contributed by atoms with van der Waals surface area (Å²) in [5, 5.41) is 20.4. The van der Waals surface area contributed by atoms with Crippen LogP contribution >= 0.6 is 35.6 Å². The van der Waals surface area contributed by atoms with Crippen LogP contribution in [0.4, 0.5) is 0 Å². The third-order valence-corrected chi connectivity index (χ3v) is 6.63. The molecule has 7 nitrogen and oxygen atoms in total. The van der Waals surface area contributed by atoms with Gasteiger partial charge in [-0.3, -0.25) is 23.9 Å². The molecule has 1 aromatic heterocycles. The Balaban J connectivity index is 1.82. The van der Waals surface area contributed by atoms with E-state index in [1.54, 1.807) is 43.3 Å². The highest BCUT2D eigenvalue weighted by Gasteiger charge is 2.33. The van der Waals surface area contributed by atoms with Crippen LogP contribution in [0, 0.1) is 18.3 Å². The van der Waals surface area contributed by atoms with Gasteiger partial charge in [-0.15, -0.1) is 0 Å². The number of aromatic hydroxyl groups is 1. The Morgan fingerprint density at radius 2 is 1.97 bits per heavy atom. The van der Waals surface area contributed by atoms with Crippen molar-refractivity contribution in [2.45, 2.75) is 26.8 Å². The molecule has 1 fully saturated rings. The number of amides is 1. The smallest absolute Gasteiger partial charge is 0.271 e. The van der Waals surface area contributed by atoms with Gasteiger partial charge in [-0.1, -0.05) is 47.7 Å². The van der Waals surface area contributed by atoms with E-state index in [9.17, 15) is 24.8 Å². The van der Waals surface area contributed by atoms with Crippen molar-refractivity contribution in [2.24, 2.45) is 0 Å². The monoisotopic (exact) mass is 487 g/mol. The number of ketones is 1. The molecule has 2 heterocycles. The predicted molar refractivity (Wildman–Crippen MR) is 128 cm³/mol. The van der Waals surface area contributed by atoms with E-state index in [0.29, 0.717) is 14.2 Å². The second kappa shape index (κ2) is 9.69. The lowest BCUT2D eigenvalue weighted by Gasteiger charge is -2.16.